The van der Waals surface area contributed by atoms with Crippen molar-refractivity contribution in [3.63, 3.8) is 0 Å². The van der Waals surface area contributed by atoms with Crippen LogP contribution in [0.25, 0.3) is 11.1 Å². The van der Waals surface area contributed by atoms with E-state index in [9.17, 15) is 4.79 Å². The van der Waals surface area contributed by atoms with Crippen LogP contribution in [0.5, 0.6) is 5.75 Å². The highest BCUT2D eigenvalue weighted by Crippen LogP contribution is 2.21. The molecule has 0 amide bonds. The average Bonchev–Trinajstić information content (AvgIpc) is 2.84. The molecule has 0 spiro atoms. The molecule has 0 aliphatic heterocycles. The smallest absolute Gasteiger partial charge is 0.343 e. The first-order valence-electron chi connectivity index (χ1n) is 10.7. The maximum absolute atomic E-state index is 12.5. The Hall–Kier alpha value is -3.98. The van der Waals surface area contributed by atoms with Gasteiger partial charge in [-0.1, -0.05) is 72.3 Å². The minimum Gasteiger partial charge on any atom is -0.423 e. The van der Waals surface area contributed by atoms with Crippen molar-refractivity contribution in [3.05, 3.63) is 125 Å². The van der Waals surface area contributed by atoms with E-state index in [1.165, 1.54) is 11.1 Å². The van der Waals surface area contributed by atoms with Crippen molar-refractivity contribution in [2.24, 2.45) is 4.99 Å². The Labute approximate surface area is 189 Å². The van der Waals surface area contributed by atoms with Crippen LogP contribution in [0.2, 0.25) is 0 Å². The molecule has 158 valence electrons. The quantitative estimate of drug-likeness (QED) is 0.191. The zero-order valence-electron chi connectivity index (χ0n) is 18.2. The molecule has 4 aromatic carbocycles. The SMILES string of the molecule is Cc1ccc(-c2ccc(C(=O)Oc3ccc(C=N[C@@H](C)c4ccccc4)cc3)cc2)cc1. The van der Waals surface area contributed by atoms with Crippen LogP contribution >= 0.6 is 0 Å². The zero-order valence-corrected chi connectivity index (χ0v) is 18.2. The molecule has 0 saturated carbocycles. The summed E-state index contributed by atoms with van der Waals surface area (Å²) >= 11 is 0. The van der Waals surface area contributed by atoms with Crippen LogP contribution in [0.1, 0.15) is 40.0 Å². The first kappa shape index (κ1) is 21.3. The molecule has 4 rings (SSSR count). The number of ether oxygens (including phenoxy) is 1. The Morgan fingerprint density at radius 2 is 1.38 bits per heavy atom. The number of aryl methyl sites for hydroxylation is 1. The molecule has 0 fully saturated rings. The second-order valence-corrected chi connectivity index (χ2v) is 7.77. The fourth-order valence-electron chi connectivity index (χ4n) is 3.35. The molecule has 0 bridgehead atoms. The molecule has 4 aromatic rings. The van der Waals surface area contributed by atoms with Crippen LogP contribution in [0.3, 0.4) is 0 Å². The van der Waals surface area contributed by atoms with E-state index in [4.69, 9.17) is 4.74 Å². The second-order valence-electron chi connectivity index (χ2n) is 7.77. The van der Waals surface area contributed by atoms with Gasteiger partial charge in [0.25, 0.3) is 0 Å². The second kappa shape index (κ2) is 9.88. The van der Waals surface area contributed by atoms with Crippen LogP contribution in [-0.4, -0.2) is 12.2 Å². The highest BCUT2D eigenvalue weighted by Gasteiger charge is 2.09. The highest BCUT2D eigenvalue weighted by atomic mass is 16.5. The van der Waals surface area contributed by atoms with Crippen LogP contribution in [0.4, 0.5) is 0 Å². The number of hydrogen-bond donors (Lipinski definition) is 0. The summed E-state index contributed by atoms with van der Waals surface area (Å²) in [5.41, 5.74) is 6.04. The third kappa shape index (κ3) is 5.38. The number of benzene rings is 4. The molecule has 0 aliphatic rings. The monoisotopic (exact) mass is 419 g/mol. The van der Waals surface area contributed by atoms with Gasteiger partial charge in [0.1, 0.15) is 5.75 Å². The number of aliphatic imine (C=N–C) groups is 1. The van der Waals surface area contributed by atoms with E-state index >= 15 is 0 Å². The van der Waals surface area contributed by atoms with E-state index in [-0.39, 0.29) is 12.0 Å². The standard InChI is InChI=1S/C29H25NO2/c1-21-8-12-25(13-9-21)26-14-16-27(17-15-26)29(31)32-28-18-10-23(11-19-28)20-30-22(2)24-6-4-3-5-7-24/h3-20,22H,1-2H3/t22-/m0/s1. The molecule has 32 heavy (non-hydrogen) atoms. The van der Waals surface area contributed by atoms with E-state index < -0.39 is 0 Å². The number of hydrogen-bond acceptors (Lipinski definition) is 3. The highest BCUT2D eigenvalue weighted by molar-refractivity contribution is 5.91. The van der Waals surface area contributed by atoms with Crippen molar-refractivity contribution in [2.75, 3.05) is 0 Å². The van der Waals surface area contributed by atoms with Gasteiger partial charge in [-0.05, 0) is 72.5 Å². The lowest BCUT2D eigenvalue weighted by Crippen LogP contribution is -2.08. The number of carbonyl (C=O) groups is 1. The average molecular weight is 420 g/mol. The number of rotatable bonds is 6. The summed E-state index contributed by atoms with van der Waals surface area (Å²) in [7, 11) is 0. The van der Waals surface area contributed by atoms with Gasteiger partial charge >= 0.3 is 5.97 Å². The van der Waals surface area contributed by atoms with Gasteiger partial charge in [0.2, 0.25) is 0 Å². The fraction of sp³-hybridized carbons (Fsp3) is 0.103. The van der Waals surface area contributed by atoms with E-state index in [0.29, 0.717) is 11.3 Å². The molecular weight excluding hydrogens is 394 g/mol. The summed E-state index contributed by atoms with van der Waals surface area (Å²) in [5, 5.41) is 0. The van der Waals surface area contributed by atoms with Crippen molar-refractivity contribution in [3.8, 4) is 16.9 Å². The van der Waals surface area contributed by atoms with E-state index in [1.54, 1.807) is 24.3 Å². The van der Waals surface area contributed by atoms with Crippen molar-refractivity contribution >= 4 is 12.2 Å². The van der Waals surface area contributed by atoms with Gasteiger partial charge in [-0.15, -0.1) is 0 Å². The van der Waals surface area contributed by atoms with Gasteiger partial charge in [-0.3, -0.25) is 4.99 Å². The predicted octanol–water partition coefficient (Wildman–Crippen LogP) is 7.06. The van der Waals surface area contributed by atoms with E-state index in [2.05, 4.69) is 55.2 Å². The molecule has 0 heterocycles. The van der Waals surface area contributed by atoms with Gasteiger partial charge in [-0.25, -0.2) is 4.79 Å². The van der Waals surface area contributed by atoms with Crippen LogP contribution in [0.15, 0.2) is 108 Å². The molecule has 0 N–H and O–H groups in total. The molecule has 0 aliphatic carbocycles. The van der Waals surface area contributed by atoms with Gasteiger partial charge in [0, 0.05) is 6.21 Å². The lowest BCUT2D eigenvalue weighted by Gasteiger charge is -2.07. The van der Waals surface area contributed by atoms with E-state index in [1.807, 2.05) is 48.7 Å². The van der Waals surface area contributed by atoms with Gasteiger partial charge in [0.05, 0.1) is 11.6 Å². The molecule has 3 heteroatoms. The van der Waals surface area contributed by atoms with Crippen LogP contribution in [-0.2, 0) is 0 Å². The first-order chi connectivity index (χ1) is 15.6. The summed E-state index contributed by atoms with van der Waals surface area (Å²) < 4.78 is 5.53. The van der Waals surface area contributed by atoms with Crippen molar-refractivity contribution < 1.29 is 9.53 Å². The third-order valence-electron chi connectivity index (χ3n) is 5.33. The Balaban J connectivity index is 1.37. The maximum Gasteiger partial charge on any atom is 0.343 e. The zero-order chi connectivity index (χ0) is 22.3. The largest absolute Gasteiger partial charge is 0.423 e. The predicted molar refractivity (Wildman–Crippen MR) is 130 cm³/mol. The summed E-state index contributed by atoms with van der Waals surface area (Å²) in [6.07, 6.45) is 1.84. The van der Waals surface area contributed by atoms with Gasteiger partial charge < -0.3 is 4.74 Å². The molecule has 3 nitrogen and oxygen atoms in total. The topological polar surface area (TPSA) is 38.7 Å². The van der Waals surface area contributed by atoms with Crippen molar-refractivity contribution in [2.45, 2.75) is 19.9 Å². The van der Waals surface area contributed by atoms with E-state index in [0.717, 1.165) is 16.7 Å². The number of nitrogens with zero attached hydrogens (tertiary/aromatic N) is 1. The Morgan fingerprint density at radius 1 is 0.781 bits per heavy atom. The van der Waals surface area contributed by atoms with Crippen LogP contribution in [0, 0.1) is 6.92 Å². The summed E-state index contributed by atoms with van der Waals surface area (Å²) in [6, 6.07) is 33.4. The molecule has 1 atom stereocenters. The van der Waals surface area contributed by atoms with Crippen molar-refractivity contribution in [1.82, 2.24) is 0 Å². The lowest BCUT2D eigenvalue weighted by atomic mass is 10.0. The molecule has 0 unspecified atom stereocenters. The lowest BCUT2D eigenvalue weighted by molar-refractivity contribution is 0.0735. The summed E-state index contributed by atoms with van der Waals surface area (Å²) in [5.74, 6) is 0.130. The summed E-state index contributed by atoms with van der Waals surface area (Å²) in [4.78, 5) is 17.1. The third-order valence-corrected chi connectivity index (χ3v) is 5.33. The molecule has 0 saturated heterocycles. The minimum atomic E-state index is -0.375. The molecule has 0 aromatic heterocycles. The Morgan fingerprint density at radius 3 is 2.00 bits per heavy atom. The number of carbonyl (C=O) groups excluding carboxylic acids is 1. The Bertz CT molecular complexity index is 1190. The van der Waals surface area contributed by atoms with Gasteiger partial charge in [0.15, 0.2) is 0 Å². The Kier molecular flexibility index (Phi) is 6.57. The first-order valence-corrected chi connectivity index (χ1v) is 10.7. The maximum atomic E-state index is 12.5. The molecular formula is C29H25NO2. The van der Waals surface area contributed by atoms with Gasteiger partial charge in [-0.2, -0.15) is 0 Å². The molecule has 0 radical (unpaired) electrons. The minimum absolute atomic E-state index is 0.0802. The van der Waals surface area contributed by atoms with Crippen molar-refractivity contribution in [1.29, 1.82) is 0 Å². The summed E-state index contributed by atoms with van der Waals surface area (Å²) in [6.45, 7) is 4.12. The van der Waals surface area contributed by atoms with Crippen LogP contribution < -0.4 is 4.74 Å². The normalized spacial score (nSPS) is 11.9. The number of esters is 1. The fourth-order valence-corrected chi connectivity index (χ4v) is 3.35.